The fourth-order valence-corrected chi connectivity index (χ4v) is 1.54. The molecule has 15 heavy (non-hydrogen) atoms. The van der Waals surface area contributed by atoms with Crippen LogP contribution in [0.3, 0.4) is 0 Å². The Labute approximate surface area is 91.3 Å². The summed E-state index contributed by atoms with van der Waals surface area (Å²) in [4.78, 5) is 13.8. The quantitative estimate of drug-likeness (QED) is 0.686. The molecule has 1 amide bonds. The lowest BCUT2D eigenvalue weighted by Crippen LogP contribution is -2.36. The van der Waals surface area contributed by atoms with Crippen LogP contribution in [0.4, 0.5) is 0 Å². The van der Waals surface area contributed by atoms with E-state index in [9.17, 15) is 4.79 Å². The number of hydrogen-bond donors (Lipinski definition) is 0. The van der Waals surface area contributed by atoms with Gasteiger partial charge in [0.25, 0.3) is 5.91 Å². The van der Waals surface area contributed by atoms with E-state index in [0.717, 1.165) is 25.2 Å². The van der Waals surface area contributed by atoms with E-state index in [2.05, 4.69) is 6.92 Å². The van der Waals surface area contributed by atoms with Gasteiger partial charge in [0.1, 0.15) is 12.1 Å². The lowest BCUT2D eigenvalue weighted by atomic mass is 10.2. The van der Waals surface area contributed by atoms with Crippen molar-refractivity contribution >= 4 is 5.91 Å². The minimum Gasteiger partial charge on any atom is -0.339 e. The maximum atomic E-state index is 12.0. The van der Waals surface area contributed by atoms with Gasteiger partial charge in [-0.15, -0.1) is 0 Å². The fourth-order valence-electron chi connectivity index (χ4n) is 1.54. The third-order valence-corrected chi connectivity index (χ3v) is 2.52. The summed E-state index contributed by atoms with van der Waals surface area (Å²) in [5.74, 6) is 0.114. The van der Waals surface area contributed by atoms with Crippen molar-refractivity contribution in [2.75, 3.05) is 13.1 Å². The van der Waals surface area contributed by atoms with Crippen molar-refractivity contribution in [2.24, 2.45) is 0 Å². The number of carbonyl (C=O) groups is 1. The second kappa shape index (κ2) is 5.49. The summed E-state index contributed by atoms with van der Waals surface area (Å²) in [7, 11) is 0. The Morgan fingerprint density at radius 3 is 2.53 bits per heavy atom. The third-order valence-electron chi connectivity index (χ3n) is 2.52. The van der Waals surface area contributed by atoms with E-state index in [0.29, 0.717) is 0 Å². The first-order chi connectivity index (χ1) is 7.22. The molecule has 0 radical (unpaired) electrons. The average Bonchev–Trinajstić information content (AvgIpc) is 2.30. The molecule has 0 bridgehead atoms. The van der Waals surface area contributed by atoms with Gasteiger partial charge in [0, 0.05) is 19.2 Å². The third kappa shape index (κ3) is 2.78. The van der Waals surface area contributed by atoms with Crippen molar-refractivity contribution in [2.45, 2.75) is 27.3 Å². The monoisotopic (exact) mass is 207 g/mol. The highest BCUT2D eigenvalue weighted by molar-refractivity contribution is 5.93. The molecule has 0 fully saturated rings. The smallest absolute Gasteiger partial charge is 0.259 e. The molecule has 0 aliphatic heterocycles. The molecule has 0 atom stereocenters. The summed E-state index contributed by atoms with van der Waals surface area (Å²) in [6.07, 6.45) is 3.87. The summed E-state index contributed by atoms with van der Waals surface area (Å²) in [6, 6.07) is 3.78. The molecule has 3 heteroatoms. The van der Waals surface area contributed by atoms with Crippen LogP contribution in [0, 0.1) is 0 Å². The largest absolute Gasteiger partial charge is 0.339 e. The van der Waals surface area contributed by atoms with Crippen molar-refractivity contribution in [3.05, 3.63) is 30.1 Å². The van der Waals surface area contributed by atoms with E-state index in [1.165, 1.54) is 0 Å². The molecular weight excluding hydrogens is 188 g/mol. The first-order valence-electron chi connectivity index (χ1n) is 5.51. The second-order valence-electron chi connectivity index (χ2n) is 3.40. The van der Waals surface area contributed by atoms with Gasteiger partial charge in [-0.25, -0.2) is 4.57 Å². The van der Waals surface area contributed by atoms with Gasteiger partial charge in [-0.2, -0.15) is 0 Å². The van der Waals surface area contributed by atoms with Crippen LogP contribution in [-0.4, -0.2) is 23.9 Å². The van der Waals surface area contributed by atoms with Crippen LogP contribution >= 0.6 is 0 Å². The molecule has 0 saturated heterocycles. The van der Waals surface area contributed by atoms with Crippen molar-refractivity contribution in [1.29, 1.82) is 0 Å². The first-order valence-corrected chi connectivity index (χ1v) is 5.51. The van der Waals surface area contributed by atoms with E-state index in [1.807, 2.05) is 47.8 Å². The van der Waals surface area contributed by atoms with Crippen molar-refractivity contribution in [3.63, 3.8) is 0 Å². The molecule has 0 aliphatic rings. The molecule has 0 unspecified atom stereocenters. The van der Waals surface area contributed by atoms with Gasteiger partial charge in [0.15, 0.2) is 12.4 Å². The number of rotatable bonds is 4. The highest BCUT2D eigenvalue weighted by Gasteiger charge is 2.14. The Hall–Kier alpha value is -1.38. The molecule has 3 nitrogen and oxygen atoms in total. The SMILES string of the molecule is CCN(CC)C(=O)c1ccc[n+](CC)c1. The molecule has 1 heterocycles. The number of carbonyl (C=O) groups excluding carboxylic acids is 1. The van der Waals surface area contributed by atoms with Crippen LogP contribution < -0.4 is 4.57 Å². The molecule has 82 valence electrons. The van der Waals surface area contributed by atoms with Gasteiger partial charge in [-0.05, 0) is 26.8 Å². The van der Waals surface area contributed by atoms with Crippen LogP contribution in [0.15, 0.2) is 24.5 Å². The van der Waals surface area contributed by atoms with Crippen LogP contribution in [0.2, 0.25) is 0 Å². The first kappa shape index (κ1) is 11.7. The minimum absolute atomic E-state index is 0.114. The highest BCUT2D eigenvalue weighted by Crippen LogP contribution is 2.01. The molecule has 0 spiro atoms. The number of aromatic nitrogens is 1. The zero-order chi connectivity index (χ0) is 11.3. The van der Waals surface area contributed by atoms with Gasteiger partial charge in [-0.1, -0.05) is 0 Å². The molecule has 1 aromatic rings. The van der Waals surface area contributed by atoms with E-state index in [-0.39, 0.29) is 5.91 Å². The zero-order valence-electron chi connectivity index (χ0n) is 9.73. The summed E-state index contributed by atoms with van der Waals surface area (Å²) < 4.78 is 2.01. The van der Waals surface area contributed by atoms with Gasteiger partial charge in [0.2, 0.25) is 0 Å². The van der Waals surface area contributed by atoms with E-state index in [1.54, 1.807) is 0 Å². The van der Waals surface area contributed by atoms with Crippen molar-refractivity contribution < 1.29 is 9.36 Å². The van der Waals surface area contributed by atoms with Crippen molar-refractivity contribution in [1.82, 2.24) is 4.90 Å². The number of pyridine rings is 1. The van der Waals surface area contributed by atoms with Gasteiger partial charge >= 0.3 is 0 Å². The molecule has 1 aromatic heterocycles. The van der Waals surface area contributed by atoms with E-state index in [4.69, 9.17) is 0 Å². The lowest BCUT2D eigenvalue weighted by Gasteiger charge is -2.17. The Morgan fingerprint density at radius 2 is 2.00 bits per heavy atom. The number of aryl methyl sites for hydroxylation is 1. The lowest BCUT2D eigenvalue weighted by molar-refractivity contribution is -0.693. The Balaban J connectivity index is 2.90. The van der Waals surface area contributed by atoms with Crippen LogP contribution in [0.5, 0.6) is 0 Å². The normalized spacial score (nSPS) is 10.1. The minimum atomic E-state index is 0.114. The molecule has 0 aromatic carbocycles. The maximum absolute atomic E-state index is 12.0. The Morgan fingerprint density at radius 1 is 1.33 bits per heavy atom. The Kier molecular flexibility index (Phi) is 4.28. The molecular formula is C12H19N2O+. The summed E-state index contributed by atoms with van der Waals surface area (Å²) in [6.45, 7) is 8.47. The average molecular weight is 207 g/mol. The fraction of sp³-hybridized carbons (Fsp3) is 0.500. The molecule has 0 N–H and O–H groups in total. The molecule has 0 aliphatic carbocycles. The van der Waals surface area contributed by atoms with Crippen LogP contribution in [0.1, 0.15) is 31.1 Å². The predicted octanol–water partition coefficient (Wildman–Crippen LogP) is 1.48. The van der Waals surface area contributed by atoms with Gasteiger partial charge in [0.05, 0.1) is 0 Å². The Bertz CT molecular complexity index is 332. The molecule has 0 saturated carbocycles. The standard InChI is InChI=1S/C12H19N2O/c1-4-13-9-7-8-11(10-13)12(15)14(5-2)6-3/h7-10H,4-6H2,1-3H3/q+1. The summed E-state index contributed by atoms with van der Waals surface area (Å²) >= 11 is 0. The summed E-state index contributed by atoms with van der Waals surface area (Å²) in [5, 5.41) is 0. The van der Waals surface area contributed by atoms with Gasteiger partial charge in [-0.3, -0.25) is 4.79 Å². The maximum Gasteiger partial charge on any atom is 0.259 e. The van der Waals surface area contributed by atoms with Crippen LogP contribution in [0.25, 0.3) is 0 Å². The topological polar surface area (TPSA) is 24.2 Å². The predicted molar refractivity (Wildman–Crippen MR) is 59.6 cm³/mol. The number of hydrogen-bond acceptors (Lipinski definition) is 1. The summed E-state index contributed by atoms with van der Waals surface area (Å²) in [5.41, 5.74) is 0.767. The second-order valence-corrected chi connectivity index (χ2v) is 3.40. The van der Waals surface area contributed by atoms with E-state index < -0.39 is 0 Å². The van der Waals surface area contributed by atoms with Crippen LogP contribution in [-0.2, 0) is 6.54 Å². The van der Waals surface area contributed by atoms with Crippen molar-refractivity contribution in [3.8, 4) is 0 Å². The molecule has 1 rings (SSSR count). The highest BCUT2D eigenvalue weighted by atomic mass is 16.2. The number of amides is 1. The number of nitrogens with zero attached hydrogens (tertiary/aromatic N) is 2. The van der Waals surface area contributed by atoms with Gasteiger partial charge < -0.3 is 4.90 Å². The zero-order valence-corrected chi connectivity index (χ0v) is 9.73. The van der Waals surface area contributed by atoms with E-state index >= 15 is 0 Å².